The molecule has 0 bridgehead atoms. The Labute approximate surface area is 117 Å². The monoisotopic (exact) mass is 277 g/mol. The molecular formula is C15H16ClNO2. The Morgan fingerprint density at radius 3 is 2.95 bits per heavy atom. The highest BCUT2D eigenvalue weighted by Crippen LogP contribution is 2.46. The number of phenols is 1. The van der Waals surface area contributed by atoms with Gasteiger partial charge in [-0.1, -0.05) is 12.1 Å². The van der Waals surface area contributed by atoms with Crippen LogP contribution in [0.1, 0.15) is 18.4 Å². The van der Waals surface area contributed by atoms with Crippen LogP contribution < -0.4 is 10.1 Å². The molecule has 1 aliphatic rings. The van der Waals surface area contributed by atoms with Gasteiger partial charge < -0.3 is 15.2 Å². The first-order valence-electron chi connectivity index (χ1n) is 6.34. The standard InChI is InChI=1S/C15H16ClNO2/c1-8(16)10-7-17-11-6-12(18)9-4-3-5-13(19-2)15(9)14(10)11/h3-6,8,10,17-18H,7H2,1-2H3/t8-,10+/m1/s1. The van der Waals surface area contributed by atoms with E-state index in [4.69, 9.17) is 16.3 Å². The predicted octanol–water partition coefficient (Wildman–Crippen LogP) is 3.69. The fourth-order valence-corrected chi connectivity index (χ4v) is 3.08. The number of ether oxygens (including phenoxy) is 1. The lowest BCUT2D eigenvalue weighted by Crippen LogP contribution is -2.11. The average Bonchev–Trinajstić information content (AvgIpc) is 2.82. The second kappa shape index (κ2) is 4.49. The smallest absolute Gasteiger partial charge is 0.127 e. The third kappa shape index (κ3) is 1.80. The number of methoxy groups -OCH3 is 1. The van der Waals surface area contributed by atoms with Crippen molar-refractivity contribution >= 4 is 28.1 Å². The van der Waals surface area contributed by atoms with Crippen LogP contribution >= 0.6 is 11.6 Å². The summed E-state index contributed by atoms with van der Waals surface area (Å²) in [5, 5.41) is 15.3. The first-order valence-corrected chi connectivity index (χ1v) is 6.77. The molecule has 0 fully saturated rings. The summed E-state index contributed by atoms with van der Waals surface area (Å²) in [5.41, 5.74) is 2.10. The topological polar surface area (TPSA) is 41.5 Å². The van der Waals surface area contributed by atoms with Crippen LogP contribution in [-0.2, 0) is 0 Å². The molecule has 0 radical (unpaired) electrons. The Balaban J connectivity index is 2.39. The summed E-state index contributed by atoms with van der Waals surface area (Å²) in [7, 11) is 1.65. The van der Waals surface area contributed by atoms with Crippen LogP contribution in [0.4, 0.5) is 5.69 Å². The van der Waals surface area contributed by atoms with Gasteiger partial charge in [0.1, 0.15) is 11.5 Å². The maximum atomic E-state index is 10.2. The second-order valence-corrected chi connectivity index (χ2v) is 5.59. The van der Waals surface area contributed by atoms with Gasteiger partial charge >= 0.3 is 0 Å². The normalized spacial score (nSPS) is 19.0. The van der Waals surface area contributed by atoms with Crippen molar-refractivity contribution in [2.45, 2.75) is 18.2 Å². The van der Waals surface area contributed by atoms with Crippen molar-refractivity contribution in [2.75, 3.05) is 19.0 Å². The zero-order valence-corrected chi connectivity index (χ0v) is 11.7. The Morgan fingerprint density at radius 2 is 2.26 bits per heavy atom. The number of halogens is 1. The minimum atomic E-state index is 0.0198. The summed E-state index contributed by atoms with van der Waals surface area (Å²) in [4.78, 5) is 0. The number of anilines is 1. The summed E-state index contributed by atoms with van der Waals surface area (Å²) in [5.74, 6) is 1.26. The predicted molar refractivity (Wildman–Crippen MR) is 78.7 cm³/mol. The van der Waals surface area contributed by atoms with E-state index in [9.17, 15) is 5.11 Å². The first kappa shape index (κ1) is 12.4. The van der Waals surface area contributed by atoms with Crippen LogP contribution in [0.25, 0.3) is 10.8 Å². The minimum absolute atomic E-state index is 0.0198. The number of alkyl halides is 1. The molecule has 100 valence electrons. The molecule has 3 nitrogen and oxygen atoms in total. The zero-order valence-electron chi connectivity index (χ0n) is 10.9. The summed E-state index contributed by atoms with van der Waals surface area (Å²) in [6, 6.07) is 7.48. The number of phenolic OH excluding ortho intramolecular Hbond substituents is 1. The SMILES string of the molecule is COc1cccc2c(O)cc3c(c12)[C@H]([C@@H](C)Cl)CN3. The fourth-order valence-electron chi connectivity index (χ4n) is 2.86. The van der Waals surface area contributed by atoms with E-state index in [0.29, 0.717) is 0 Å². The highest BCUT2D eigenvalue weighted by atomic mass is 35.5. The van der Waals surface area contributed by atoms with E-state index in [1.54, 1.807) is 13.2 Å². The molecule has 1 aliphatic heterocycles. The molecule has 0 amide bonds. The van der Waals surface area contributed by atoms with E-state index in [0.717, 1.165) is 34.3 Å². The van der Waals surface area contributed by atoms with Crippen LogP contribution in [-0.4, -0.2) is 24.1 Å². The lowest BCUT2D eigenvalue weighted by Gasteiger charge is -2.17. The lowest BCUT2D eigenvalue weighted by atomic mass is 9.92. The van der Waals surface area contributed by atoms with Crippen LogP contribution in [0.3, 0.4) is 0 Å². The van der Waals surface area contributed by atoms with Crippen molar-refractivity contribution in [1.82, 2.24) is 0 Å². The molecule has 4 heteroatoms. The van der Waals surface area contributed by atoms with Crippen LogP contribution in [0.15, 0.2) is 24.3 Å². The number of nitrogens with one attached hydrogen (secondary N) is 1. The van der Waals surface area contributed by atoms with Crippen molar-refractivity contribution in [3.63, 3.8) is 0 Å². The second-order valence-electron chi connectivity index (χ2n) is 4.90. The van der Waals surface area contributed by atoms with Crippen molar-refractivity contribution in [1.29, 1.82) is 0 Å². The highest BCUT2D eigenvalue weighted by molar-refractivity contribution is 6.21. The molecule has 0 aliphatic carbocycles. The number of aromatic hydroxyl groups is 1. The maximum Gasteiger partial charge on any atom is 0.127 e. The van der Waals surface area contributed by atoms with Gasteiger partial charge in [0.2, 0.25) is 0 Å². The van der Waals surface area contributed by atoms with E-state index < -0.39 is 0 Å². The Hall–Kier alpha value is -1.61. The number of hydrogen-bond acceptors (Lipinski definition) is 3. The first-order chi connectivity index (χ1) is 9.13. The van der Waals surface area contributed by atoms with Gasteiger partial charge in [0, 0.05) is 40.4 Å². The van der Waals surface area contributed by atoms with E-state index in [1.165, 1.54) is 0 Å². The van der Waals surface area contributed by atoms with Gasteiger partial charge in [0.25, 0.3) is 0 Å². The van der Waals surface area contributed by atoms with Gasteiger partial charge in [-0.15, -0.1) is 11.6 Å². The fraction of sp³-hybridized carbons (Fsp3) is 0.333. The molecular weight excluding hydrogens is 262 g/mol. The molecule has 1 heterocycles. The number of benzene rings is 2. The van der Waals surface area contributed by atoms with Gasteiger partial charge in [-0.3, -0.25) is 0 Å². The largest absolute Gasteiger partial charge is 0.507 e. The molecule has 19 heavy (non-hydrogen) atoms. The van der Waals surface area contributed by atoms with Crippen LogP contribution in [0, 0.1) is 0 Å². The van der Waals surface area contributed by atoms with Gasteiger partial charge in [-0.05, 0) is 18.6 Å². The van der Waals surface area contributed by atoms with Gasteiger partial charge in [-0.2, -0.15) is 0 Å². The molecule has 2 atom stereocenters. The molecule has 2 aromatic carbocycles. The number of rotatable bonds is 2. The molecule has 0 saturated heterocycles. The number of fused-ring (bicyclic) bond motifs is 3. The van der Waals surface area contributed by atoms with Gasteiger partial charge in [0.15, 0.2) is 0 Å². The summed E-state index contributed by atoms with van der Waals surface area (Å²) in [6.07, 6.45) is 0. The van der Waals surface area contributed by atoms with E-state index in [-0.39, 0.29) is 17.0 Å². The van der Waals surface area contributed by atoms with Crippen molar-refractivity contribution in [2.24, 2.45) is 0 Å². The number of hydrogen-bond donors (Lipinski definition) is 2. The van der Waals surface area contributed by atoms with Gasteiger partial charge in [0.05, 0.1) is 7.11 Å². The maximum absolute atomic E-state index is 10.2. The highest BCUT2D eigenvalue weighted by Gasteiger charge is 2.30. The molecule has 0 unspecified atom stereocenters. The molecule has 0 spiro atoms. The van der Waals surface area contributed by atoms with Crippen LogP contribution in [0.5, 0.6) is 11.5 Å². The molecule has 2 aromatic rings. The Kier molecular flexibility index (Phi) is 2.94. The molecule has 0 aromatic heterocycles. The Morgan fingerprint density at radius 1 is 1.47 bits per heavy atom. The lowest BCUT2D eigenvalue weighted by molar-refractivity contribution is 0.419. The van der Waals surface area contributed by atoms with Gasteiger partial charge in [-0.25, -0.2) is 0 Å². The van der Waals surface area contributed by atoms with Crippen molar-refractivity contribution < 1.29 is 9.84 Å². The third-order valence-electron chi connectivity index (χ3n) is 3.80. The minimum Gasteiger partial charge on any atom is -0.507 e. The average molecular weight is 278 g/mol. The summed E-state index contributed by atoms with van der Waals surface area (Å²) in [6.45, 7) is 2.79. The van der Waals surface area contributed by atoms with E-state index in [2.05, 4.69) is 5.32 Å². The van der Waals surface area contributed by atoms with E-state index >= 15 is 0 Å². The molecule has 0 saturated carbocycles. The van der Waals surface area contributed by atoms with Crippen LogP contribution in [0.2, 0.25) is 0 Å². The zero-order chi connectivity index (χ0) is 13.6. The molecule has 2 N–H and O–H groups in total. The quantitative estimate of drug-likeness (QED) is 0.823. The molecule has 3 rings (SSSR count). The Bertz CT molecular complexity index is 640. The van der Waals surface area contributed by atoms with Crippen molar-refractivity contribution in [3.05, 3.63) is 29.8 Å². The summed E-state index contributed by atoms with van der Waals surface area (Å²) < 4.78 is 5.45. The summed E-state index contributed by atoms with van der Waals surface area (Å²) >= 11 is 6.30. The third-order valence-corrected chi connectivity index (χ3v) is 4.10. The van der Waals surface area contributed by atoms with Crippen molar-refractivity contribution in [3.8, 4) is 11.5 Å². The van der Waals surface area contributed by atoms with E-state index in [1.807, 2.05) is 25.1 Å².